The van der Waals surface area contributed by atoms with E-state index in [4.69, 9.17) is 9.26 Å². The van der Waals surface area contributed by atoms with Gasteiger partial charge in [0.2, 0.25) is 0 Å². The first-order valence-electron chi connectivity index (χ1n) is 8.65. The summed E-state index contributed by atoms with van der Waals surface area (Å²) in [5, 5.41) is 7.47. The van der Waals surface area contributed by atoms with Gasteiger partial charge in [-0.15, -0.1) is 0 Å². The number of carbonyl (C=O) groups excluding carboxylic acids is 1. The third-order valence-electron chi connectivity index (χ3n) is 5.25. The second-order valence-electron chi connectivity index (χ2n) is 6.83. The van der Waals surface area contributed by atoms with Crippen LogP contribution in [0, 0.1) is 0 Å². The van der Waals surface area contributed by atoms with Crippen LogP contribution >= 0.6 is 0 Å². The summed E-state index contributed by atoms with van der Waals surface area (Å²) in [5.41, 5.74) is 0.730. The lowest BCUT2D eigenvalue weighted by molar-refractivity contribution is 0.0666. The van der Waals surface area contributed by atoms with Gasteiger partial charge in [-0.25, -0.2) is 0 Å². The van der Waals surface area contributed by atoms with Crippen molar-refractivity contribution in [2.75, 3.05) is 14.2 Å². The summed E-state index contributed by atoms with van der Waals surface area (Å²) in [6, 6.07) is 8.61. The predicted molar refractivity (Wildman–Crippen MR) is 91.3 cm³/mol. The van der Waals surface area contributed by atoms with Crippen LogP contribution in [0.25, 0.3) is 11.5 Å². The van der Waals surface area contributed by atoms with Gasteiger partial charge in [0.1, 0.15) is 5.75 Å². The fourth-order valence-corrected chi connectivity index (χ4v) is 3.85. The second kappa shape index (κ2) is 6.48. The molecule has 0 spiro atoms. The molecule has 7 nitrogen and oxygen atoms in total. The fourth-order valence-electron chi connectivity index (χ4n) is 3.85. The molecule has 2 aromatic rings. The molecule has 1 aromatic heterocycles. The molecule has 0 radical (unpaired) electrons. The van der Waals surface area contributed by atoms with Crippen molar-refractivity contribution in [3.63, 3.8) is 0 Å². The first kappa shape index (κ1) is 16.1. The van der Waals surface area contributed by atoms with Gasteiger partial charge in [0, 0.05) is 30.7 Å². The predicted octanol–water partition coefficient (Wildman–Crippen LogP) is 2.10. The SMILES string of the molecule is COc1cccc(-c2nc(C(=O)N(C)C3CC4CCC(C3)N4)no2)c1. The summed E-state index contributed by atoms with van der Waals surface area (Å²) in [7, 11) is 3.43. The van der Waals surface area contributed by atoms with E-state index in [9.17, 15) is 4.79 Å². The molecule has 2 saturated heterocycles. The Hall–Kier alpha value is -2.41. The Labute approximate surface area is 146 Å². The molecule has 2 aliphatic rings. The topological polar surface area (TPSA) is 80.5 Å². The second-order valence-corrected chi connectivity index (χ2v) is 6.83. The average molecular weight is 342 g/mol. The summed E-state index contributed by atoms with van der Waals surface area (Å²) in [6.07, 6.45) is 4.37. The van der Waals surface area contributed by atoms with Crippen molar-refractivity contribution >= 4 is 5.91 Å². The Bertz CT molecular complexity index is 763. The van der Waals surface area contributed by atoms with Crippen molar-refractivity contribution in [3.8, 4) is 17.2 Å². The summed E-state index contributed by atoms with van der Waals surface area (Å²) in [5.74, 6) is 0.933. The van der Waals surface area contributed by atoms with Crippen LogP contribution in [0.2, 0.25) is 0 Å². The van der Waals surface area contributed by atoms with Crippen LogP contribution in [0.4, 0.5) is 0 Å². The minimum Gasteiger partial charge on any atom is -0.497 e. The van der Waals surface area contributed by atoms with Crippen LogP contribution in [-0.4, -0.2) is 53.2 Å². The molecule has 1 amide bonds. The van der Waals surface area contributed by atoms with Gasteiger partial charge < -0.3 is 19.5 Å². The quantitative estimate of drug-likeness (QED) is 0.916. The maximum absolute atomic E-state index is 12.7. The van der Waals surface area contributed by atoms with Crippen LogP contribution in [0.3, 0.4) is 0 Å². The molecule has 25 heavy (non-hydrogen) atoms. The number of ether oxygens (including phenoxy) is 1. The van der Waals surface area contributed by atoms with Crippen LogP contribution in [0.1, 0.15) is 36.3 Å². The van der Waals surface area contributed by atoms with E-state index in [-0.39, 0.29) is 17.8 Å². The number of fused-ring (bicyclic) bond motifs is 2. The monoisotopic (exact) mass is 342 g/mol. The molecule has 1 aromatic carbocycles. The molecule has 3 heterocycles. The van der Waals surface area contributed by atoms with Gasteiger partial charge in [0.15, 0.2) is 0 Å². The number of hydrogen-bond acceptors (Lipinski definition) is 6. The van der Waals surface area contributed by atoms with Crippen LogP contribution in [0.15, 0.2) is 28.8 Å². The zero-order valence-electron chi connectivity index (χ0n) is 14.4. The number of aromatic nitrogens is 2. The molecule has 2 bridgehead atoms. The number of amides is 1. The lowest BCUT2D eigenvalue weighted by Gasteiger charge is -2.34. The Kier molecular flexibility index (Phi) is 4.17. The molecule has 2 unspecified atom stereocenters. The largest absolute Gasteiger partial charge is 0.497 e. The molecule has 0 aliphatic carbocycles. The number of piperidine rings is 1. The number of rotatable bonds is 4. The van der Waals surface area contributed by atoms with E-state index in [0.717, 1.165) is 18.4 Å². The Morgan fingerprint density at radius 2 is 2.08 bits per heavy atom. The number of benzene rings is 1. The van der Waals surface area contributed by atoms with E-state index in [0.29, 0.717) is 23.7 Å². The number of methoxy groups -OCH3 is 1. The average Bonchev–Trinajstić information content (AvgIpc) is 3.27. The molecular formula is C18H22N4O3. The van der Waals surface area contributed by atoms with Crippen LogP contribution in [-0.2, 0) is 0 Å². The van der Waals surface area contributed by atoms with E-state index >= 15 is 0 Å². The molecule has 132 valence electrons. The maximum Gasteiger partial charge on any atom is 0.295 e. The highest BCUT2D eigenvalue weighted by molar-refractivity contribution is 5.90. The van der Waals surface area contributed by atoms with Crippen molar-refractivity contribution in [2.24, 2.45) is 0 Å². The standard InChI is InChI=1S/C18H22N4O3/c1-22(14-9-12-6-7-13(10-14)19-12)18(23)16-20-17(25-21-16)11-4-3-5-15(8-11)24-2/h3-5,8,12-14,19H,6-7,9-10H2,1-2H3. The van der Waals surface area contributed by atoms with Crippen LogP contribution in [0.5, 0.6) is 5.75 Å². The number of carbonyl (C=O) groups is 1. The molecular weight excluding hydrogens is 320 g/mol. The lowest BCUT2D eigenvalue weighted by Crippen LogP contribution is -2.48. The van der Waals surface area contributed by atoms with Crippen molar-refractivity contribution < 1.29 is 14.1 Å². The lowest BCUT2D eigenvalue weighted by atomic mass is 9.98. The number of hydrogen-bond donors (Lipinski definition) is 1. The molecule has 2 atom stereocenters. The highest BCUT2D eigenvalue weighted by Gasteiger charge is 2.37. The van der Waals surface area contributed by atoms with Crippen molar-refractivity contribution in [3.05, 3.63) is 30.1 Å². The first-order valence-corrected chi connectivity index (χ1v) is 8.65. The van der Waals surface area contributed by atoms with E-state index in [1.54, 1.807) is 18.1 Å². The third-order valence-corrected chi connectivity index (χ3v) is 5.25. The highest BCUT2D eigenvalue weighted by Crippen LogP contribution is 2.30. The normalized spacial score (nSPS) is 25.0. The maximum atomic E-state index is 12.7. The molecule has 0 saturated carbocycles. The van der Waals surface area contributed by atoms with Crippen LogP contribution < -0.4 is 10.1 Å². The van der Waals surface area contributed by atoms with Gasteiger partial charge >= 0.3 is 0 Å². The van der Waals surface area contributed by atoms with Crippen molar-refractivity contribution in [2.45, 2.75) is 43.8 Å². The Morgan fingerprint density at radius 1 is 1.32 bits per heavy atom. The minimum absolute atomic E-state index is 0.103. The first-order chi connectivity index (χ1) is 12.1. The molecule has 7 heteroatoms. The van der Waals surface area contributed by atoms with Gasteiger partial charge in [0.25, 0.3) is 17.6 Å². The Balaban J connectivity index is 1.50. The van der Waals surface area contributed by atoms with E-state index in [2.05, 4.69) is 15.5 Å². The number of nitrogens with zero attached hydrogens (tertiary/aromatic N) is 3. The number of nitrogens with one attached hydrogen (secondary N) is 1. The van der Waals surface area contributed by atoms with Gasteiger partial charge in [-0.1, -0.05) is 11.2 Å². The summed E-state index contributed by atoms with van der Waals surface area (Å²) >= 11 is 0. The summed E-state index contributed by atoms with van der Waals surface area (Å²) in [4.78, 5) is 18.8. The fraction of sp³-hybridized carbons (Fsp3) is 0.500. The minimum atomic E-state index is -0.191. The van der Waals surface area contributed by atoms with E-state index in [1.807, 2.05) is 25.2 Å². The Morgan fingerprint density at radius 3 is 2.80 bits per heavy atom. The van der Waals surface area contributed by atoms with Crippen molar-refractivity contribution in [1.82, 2.24) is 20.4 Å². The van der Waals surface area contributed by atoms with Gasteiger partial charge in [-0.3, -0.25) is 4.79 Å². The van der Waals surface area contributed by atoms with E-state index in [1.165, 1.54) is 12.8 Å². The summed E-state index contributed by atoms with van der Waals surface area (Å²) < 4.78 is 10.5. The molecule has 1 N–H and O–H groups in total. The van der Waals surface area contributed by atoms with Crippen molar-refractivity contribution in [1.29, 1.82) is 0 Å². The van der Waals surface area contributed by atoms with Gasteiger partial charge in [-0.05, 0) is 43.9 Å². The van der Waals surface area contributed by atoms with Gasteiger partial charge in [-0.2, -0.15) is 4.98 Å². The van der Waals surface area contributed by atoms with Gasteiger partial charge in [0.05, 0.1) is 7.11 Å². The van der Waals surface area contributed by atoms with E-state index < -0.39 is 0 Å². The molecule has 2 fully saturated rings. The molecule has 4 rings (SSSR count). The summed E-state index contributed by atoms with van der Waals surface area (Å²) in [6.45, 7) is 0. The smallest absolute Gasteiger partial charge is 0.295 e. The third kappa shape index (κ3) is 3.11. The highest BCUT2D eigenvalue weighted by atomic mass is 16.5. The zero-order chi connectivity index (χ0) is 17.4. The molecule has 2 aliphatic heterocycles. The zero-order valence-corrected chi connectivity index (χ0v) is 14.4.